The van der Waals surface area contributed by atoms with Crippen molar-refractivity contribution in [1.82, 2.24) is 4.98 Å². The second-order valence-electron chi connectivity index (χ2n) is 5.15. The summed E-state index contributed by atoms with van der Waals surface area (Å²) >= 11 is 1.36. The largest absolute Gasteiger partial charge is 0.325 e. The number of nitrogens with zero attached hydrogens (tertiary/aromatic N) is 1. The van der Waals surface area contributed by atoms with Gasteiger partial charge in [-0.15, -0.1) is 11.3 Å². The number of aryl methyl sites for hydroxylation is 1. The zero-order valence-electron chi connectivity index (χ0n) is 12.5. The van der Waals surface area contributed by atoms with Crippen LogP contribution in [-0.2, 0) is 11.2 Å². The lowest BCUT2D eigenvalue weighted by atomic mass is 10.1. The predicted octanol–water partition coefficient (Wildman–Crippen LogP) is 4.44. The van der Waals surface area contributed by atoms with Gasteiger partial charge in [0, 0.05) is 16.6 Å². The van der Waals surface area contributed by atoms with Crippen molar-refractivity contribution in [3.05, 3.63) is 70.3 Å². The fraction of sp³-hybridized carbons (Fsp3) is 0.111. The summed E-state index contributed by atoms with van der Waals surface area (Å²) in [6, 6.07) is 14.1. The Morgan fingerprint density at radius 3 is 2.70 bits per heavy atom. The third-order valence-corrected chi connectivity index (χ3v) is 4.28. The number of carbonyl (C=O) groups excluding carboxylic acids is 1. The maximum Gasteiger partial charge on any atom is 0.231 e. The van der Waals surface area contributed by atoms with E-state index in [-0.39, 0.29) is 18.1 Å². The van der Waals surface area contributed by atoms with Gasteiger partial charge in [0.1, 0.15) is 10.8 Å². The molecule has 1 amide bonds. The monoisotopic (exact) mass is 326 g/mol. The number of amides is 1. The summed E-state index contributed by atoms with van der Waals surface area (Å²) in [6.45, 7) is 1.94. The number of aromatic nitrogens is 1. The number of halogens is 1. The minimum Gasteiger partial charge on any atom is -0.325 e. The lowest BCUT2D eigenvalue weighted by Crippen LogP contribution is -2.14. The average molecular weight is 326 g/mol. The molecule has 0 spiro atoms. The lowest BCUT2D eigenvalue weighted by molar-refractivity contribution is -0.115. The topological polar surface area (TPSA) is 42.0 Å². The van der Waals surface area contributed by atoms with Crippen LogP contribution in [0.25, 0.3) is 11.3 Å². The van der Waals surface area contributed by atoms with Gasteiger partial charge < -0.3 is 5.32 Å². The molecular weight excluding hydrogens is 311 g/mol. The Morgan fingerprint density at radius 2 is 1.91 bits per heavy atom. The summed E-state index contributed by atoms with van der Waals surface area (Å²) < 4.78 is 13.8. The fourth-order valence-electron chi connectivity index (χ4n) is 2.23. The van der Waals surface area contributed by atoms with Crippen LogP contribution >= 0.6 is 11.3 Å². The summed E-state index contributed by atoms with van der Waals surface area (Å²) in [7, 11) is 0. The molecule has 2 aromatic carbocycles. The van der Waals surface area contributed by atoms with Gasteiger partial charge in [-0.1, -0.05) is 30.3 Å². The highest BCUT2D eigenvalue weighted by Crippen LogP contribution is 2.24. The number of anilines is 1. The van der Waals surface area contributed by atoms with Gasteiger partial charge in [-0.05, 0) is 30.7 Å². The molecule has 3 aromatic rings. The molecule has 0 saturated carbocycles. The highest BCUT2D eigenvalue weighted by atomic mass is 32.1. The van der Waals surface area contributed by atoms with E-state index in [1.807, 2.05) is 31.2 Å². The Morgan fingerprint density at radius 1 is 1.17 bits per heavy atom. The molecule has 1 heterocycles. The van der Waals surface area contributed by atoms with Crippen molar-refractivity contribution in [1.29, 1.82) is 0 Å². The highest BCUT2D eigenvalue weighted by Gasteiger charge is 2.12. The van der Waals surface area contributed by atoms with Crippen molar-refractivity contribution in [3.63, 3.8) is 0 Å². The number of thiazole rings is 1. The fourth-order valence-corrected chi connectivity index (χ4v) is 3.02. The summed E-state index contributed by atoms with van der Waals surface area (Å²) in [6.07, 6.45) is 0.174. The van der Waals surface area contributed by atoms with Crippen LogP contribution in [0.4, 0.5) is 10.1 Å². The molecule has 0 saturated heterocycles. The van der Waals surface area contributed by atoms with Gasteiger partial charge in [-0.25, -0.2) is 9.37 Å². The Hall–Kier alpha value is -2.53. The first-order valence-electron chi connectivity index (χ1n) is 7.18. The standard InChI is InChI=1S/C18H15FN2OS/c1-12-6-2-5-9-15(12)20-17(22)10-18-21-16(11-23-18)13-7-3-4-8-14(13)19/h2-9,11H,10H2,1H3,(H,20,22). The Balaban J connectivity index is 1.71. The molecule has 0 radical (unpaired) electrons. The highest BCUT2D eigenvalue weighted by molar-refractivity contribution is 7.10. The second kappa shape index (κ2) is 6.71. The number of para-hydroxylation sites is 1. The quantitative estimate of drug-likeness (QED) is 0.770. The van der Waals surface area contributed by atoms with E-state index in [2.05, 4.69) is 10.3 Å². The first-order valence-corrected chi connectivity index (χ1v) is 8.06. The molecule has 0 aliphatic carbocycles. The number of nitrogens with one attached hydrogen (secondary N) is 1. The summed E-state index contributed by atoms with van der Waals surface area (Å²) in [5.41, 5.74) is 2.82. The Labute approximate surface area is 137 Å². The summed E-state index contributed by atoms with van der Waals surface area (Å²) in [4.78, 5) is 16.5. The zero-order chi connectivity index (χ0) is 16.2. The minimum absolute atomic E-state index is 0.131. The van der Waals surface area contributed by atoms with E-state index in [4.69, 9.17) is 0 Å². The second-order valence-corrected chi connectivity index (χ2v) is 6.09. The average Bonchev–Trinajstić information content (AvgIpc) is 2.98. The molecule has 3 nitrogen and oxygen atoms in total. The van der Waals surface area contributed by atoms with Crippen molar-refractivity contribution in [2.24, 2.45) is 0 Å². The van der Waals surface area contributed by atoms with Crippen LogP contribution in [0.1, 0.15) is 10.6 Å². The van der Waals surface area contributed by atoms with E-state index in [9.17, 15) is 9.18 Å². The van der Waals surface area contributed by atoms with Gasteiger partial charge in [0.15, 0.2) is 0 Å². The number of benzene rings is 2. The van der Waals surface area contributed by atoms with Crippen LogP contribution in [0.2, 0.25) is 0 Å². The molecule has 0 atom stereocenters. The third-order valence-electron chi connectivity index (χ3n) is 3.43. The summed E-state index contributed by atoms with van der Waals surface area (Å²) in [5, 5.41) is 5.31. The van der Waals surface area contributed by atoms with Crippen molar-refractivity contribution in [3.8, 4) is 11.3 Å². The molecule has 0 bridgehead atoms. The molecule has 0 unspecified atom stereocenters. The number of rotatable bonds is 4. The van der Waals surface area contributed by atoms with Crippen molar-refractivity contribution >= 4 is 22.9 Å². The van der Waals surface area contributed by atoms with Crippen molar-refractivity contribution in [2.75, 3.05) is 5.32 Å². The van der Waals surface area contributed by atoms with Crippen LogP contribution in [-0.4, -0.2) is 10.9 Å². The zero-order valence-corrected chi connectivity index (χ0v) is 13.4. The van der Waals surface area contributed by atoms with Crippen LogP contribution < -0.4 is 5.32 Å². The van der Waals surface area contributed by atoms with Crippen LogP contribution in [0.3, 0.4) is 0 Å². The minimum atomic E-state index is -0.311. The number of hydrogen-bond donors (Lipinski definition) is 1. The number of hydrogen-bond acceptors (Lipinski definition) is 3. The maximum atomic E-state index is 13.8. The normalized spacial score (nSPS) is 10.5. The van der Waals surface area contributed by atoms with Gasteiger partial charge in [0.2, 0.25) is 5.91 Å². The molecule has 1 aromatic heterocycles. The van der Waals surface area contributed by atoms with Crippen molar-refractivity contribution < 1.29 is 9.18 Å². The molecule has 3 rings (SSSR count). The molecule has 5 heteroatoms. The van der Waals surface area contributed by atoms with E-state index in [0.717, 1.165) is 11.3 Å². The van der Waals surface area contributed by atoms with Crippen molar-refractivity contribution in [2.45, 2.75) is 13.3 Å². The lowest BCUT2D eigenvalue weighted by Gasteiger charge is -2.06. The predicted molar refractivity (Wildman–Crippen MR) is 91.0 cm³/mol. The first-order chi connectivity index (χ1) is 11.1. The van der Waals surface area contributed by atoms with Gasteiger partial charge in [0.05, 0.1) is 12.1 Å². The molecule has 116 valence electrons. The van der Waals surface area contributed by atoms with E-state index >= 15 is 0 Å². The van der Waals surface area contributed by atoms with Gasteiger partial charge in [0.25, 0.3) is 0 Å². The smallest absolute Gasteiger partial charge is 0.231 e. The van der Waals surface area contributed by atoms with Crippen LogP contribution in [0.5, 0.6) is 0 Å². The van der Waals surface area contributed by atoms with E-state index in [0.29, 0.717) is 16.3 Å². The molecule has 1 N–H and O–H groups in total. The van der Waals surface area contributed by atoms with Crippen LogP contribution in [0.15, 0.2) is 53.9 Å². The van der Waals surface area contributed by atoms with Crippen LogP contribution in [0, 0.1) is 12.7 Å². The SMILES string of the molecule is Cc1ccccc1NC(=O)Cc1nc(-c2ccccc2F)cs1. The molecule has 0 fully saturated rings. The third kappa shape index (κ3) is 3.63. The molecular formula is C18H15FN2OS. The molecule has 0 aliphatic rings. The summed E-state index contributed by atoms with van der Waals surface area (Å²) in [5.74, 6) is -0.442. The van der Waals surface area contributed by atoms with Gasteiger partial charge in [-0.3, -0.25) is 4.79 Å². The Kier molecular flexibility index (Phi) is 4.48. The van der Waals surface area contributed by atoms with Gasteiger partial charge in [-0.2, -0.15) is 0 Å². The van der Waals surface area contributed by atoms with E-state index < -0.39 is 0 Å². The van der Waals surface area contributed by atoms with Gasteiger partial charge >= 0.3 is 0 Å². The Bertz CT molecular complexity index is 844. The van der Waals surface area contributed by atoms with E-state index in [1.54, 1.807) is 23.6 Å². The molecule has 23 heavy (non-hydrogen) atoms. The first kappa shape index (κ1) is 15.4. The van der Waals surface area contributed by atoms with E-state index in [1.165, 1.54) is 17.4 Å². The molecule has 0 aliphatic heterocycles. The maximum absolute atomic E-state index is 13.8. The number of carbonyl (C=O) groups is 1.